The minimum atomic E-state index is -0.234. The van der Waals surface area contributed by atoms with Crippen molar-refractivity contribution in [1.29, 1.82) is 5.26 Å². The van der Waals surface area contributed by atoms with Gasteiger partial charge in [-0.15, -0.1) is 0 Å². The molecule has 0 aromatic heterocycles. The summed E-state index contributed by atoms with van der Waals surface area (Å²) in [6.45, 7) is 4.22. The largest absolute Gasteiger partial charge is 0.341 e. The van der Waals surface area contributed by atoms with Crippen LogP contribution in [0, 0.1) is 23.1 Å². The Kier molecular flexibility index (Phi) is 5.40. The van der Waals surface area contributed by atoms with Gasteiger partial charge in [0.1, 0.15) is 5.82 Å². The molecule has 2 unspecified atom stereocenters. The highest BCUT2D eigenvalue weighted by Crippen LogP contribution is 2.48. The minimum absolute atomic E-state index is 0.0514. The molecule has 144 valence electrons. The van der Waals surface area contributed by atoms with Gasteiger partial charge in [0.2, 0.25) is 5.91 Å². The Morgan fingerprint density at radius 3 is 2.50 bits per heavy atom. The fourth-order valence-electron chi connectivity index (χ4n) is 4.07. The number of carbonyl (C=O) groups is 1. The van der Waals surface area contributed by atoms with Crippen molar-refractivity contribution in [1.82, 2.24) is 9.80 Å². The lowest BCUT2D eigenvalue weighted by molar-refractivity contribution is -0.132. The molecule has 2 aromatic rings. The number of nitrogens with zero attached hydrogens (tertiary/aromatic N) is 3. The molecule has 2 aliphatic rings. The number of hydrogen-bond donors (Lipinski definition) is 0. The van der Waals surface area contributed by atoms with Crippen LogP contribution < -0.4 is 0 Å². The Balaban J connectivity index is 1.30. The first-order valence-electron chi connectivity index (χ1n) is 9.89. The Hall–Kier alpha value is -2.71. The maximum Gasteiger partial charge on any atom is 0.226 e. The van der Waals surface area contributed by atoms with Crippen molar-refractivity contribution in [3.8, 4) is 6.07 Å². The van der Waals surface area contributed by atoms with Crippen LogP contribution in [0.25, 0.3) is 0 Å². The summed E-state index contributed by atoms with van der Waals surface area (Å²) >= 11 is 0. The van der Waals surface area contributed by atoms with Gasteiger partial charge < -0.3 is 4.90 Å². The standard InChI is InChI=1S/C23H24FN3O/c24-20-8-6-19(7-9-20)21-14-22(21)23(28)27-11-1-10-26(12-13-27)16-18-4-2-17(15-25)3-5-18/h2-9,21-22H,1,10-14,16H2. The van der Waals surface area contributed by atoms with Crippen molar-refractivity contribution in [2.75, 3.05) is 26.2 Å². The summed E-state index contributed by atoms with van der Waals surface area (Å²) in [5, 5.41) is 8.91. The number of amides is 1. The number of nitriles is 1. The number of carbonyl (C=O) groups excluding carboxylic acids is 1. The third kappa shape index (κ3) is 4.23. The van der Waals surface area contributed by atoms with Crippen molar-refractivity contribution in [2.24, 2.45) is 5.92 Å². The van der Waals surface area contributed by atoms with Gasteiger partial charge in [-0.25, -0.2) is 4.39 Å². The van der Waals surface area contributed by atoms with Gasteiger partial charge in [0.15, 0.2) is 0 Å². The van der Waals surface area contributed by atoms with E-state index < -0.39 is 0 Å². The second kappa shape index (κ2) is 8.12. The first-order chi connectivity index (χ1) is 13.6. The maximum absolute atomic E-state index is 13.1. The Labute approximate surface area is 165 Å². The van der Waals surface area contributed by atoms with Gasteiger partial charge in [0, 0.05) is 38.6 Å². The molecule has 1 heterocycles. The van der Waals surface area contributed by atoms with Gasteiger partial charge in [-0.2, -0.15) is 5.26 Å². The Morgan fingerprint density at radius 2 is 1.79 bits per heavy atom. The van der Waals surface area contributed by atoms with Gasteiger partial charge >= 0.3 is 0 Å². The summed E-state index contributed by atoms with van der Waals surface area (Å²) < 4.78 is 13.1. The molecular weight excluding hydrogens is 353 g/mol. The van der Waals surface area contributed by atoms with Crippen LogP contribution in [0.3, 0.4) is 0 Å². The van der Waals surface area contributed by atoms with E-state index in [2.05, 4.69) is 11.0 Å². The van der Waals surface area contributed by atoms with Crippen molar-refractivity contribution >= 4 is 5.91 Å². The second-order valence-corrected chi connectivity index (χ2v) is 7.76. The van der Waals surface area contributed by atoms with Gasteiger partial charge in [-0.05, 0) is 54.2 Å². The van der Waals surface area contributed by atoms with E-state index in [1.165, 1.54) is 17.7 Å². The van der Waals surface area contributed by atoms with Crippen molar-refractivity contribution < 1.29 is 9.18 Å². The van der Waals surface area contributed by atoms with Crippen LogP contribution in [0.1, 0.15) is 35.4 Å². The van der Waals surface area contributed by atoms with E-state index in [1.54, 1.807) is 12.1 Å². The molecule has 1 saturated carbocycles. The summed E-state index contributed by atoms with van der Waals surface area (Å²) in [7, 11) is 0. The highest BCUT2D eigenvalue weighted by Gasteiger charge is 2.45. The molecule has 1 amide bonds. The first kappa shape index (κ1) is 18.6. The monoisotopic (exact) mass is 377 g/mol. The molecule has 1 aliphatic heterocycles. The molecule has 2 aromatic carbocycles. The van der Waals surface area contributed by atoms with E-state index in [4.69, 9.17) is 5.26 Å². The number of halogens is 1. The molecule has 2 atom stereocenters. The lowest BCUT2D eigenvalue weighted by atomic mass is 10.1. The van der Waals surface area contributed by atoms with Crippen molar-refractivity contribution in [3.63, 3.8) is 0 Å². The lowest BCUT2D eigenvalue weighted by Gasteiger charge is -2.22. The van der Waals surface area contributed by atoms with E-state index in [1.807, 2.05) is 29.2 Å². The molecule has 1 aliphatic carbocycles. The number of benzene rings is 2. The molecular formula is C23H24FN3O. The van der Waals surface area contributed by atoms with Crippen LogP contribution >= 0.6 is 0 Å². The number of hydrogen-bond acceptors (Lipinski definition) is 3. The average Bonchev–Trinajstić information content (AvgIpc) is 3.53. The zero-order chi connectivity index (χ0) is 19.5. The van der Waals surface area contributed by atoms with Gasteiger partial charge in [0.25, 0.3) is 0 Å². The molecule has 0 N–H and O–H groups in total. The SMILES string of the molecule is N#Cc1ccc(CN2CCCN(C(=O)C3CC3c3ccc(F)cc3)CC2)cc1. The Bertz CT molecular complexity index is 872. The average molecular weight is 377 g/mol. The van der Waals surface area contributed by atoms with Crippen molar-refractivity contribution in [3.05, 3.63) is 71.0 Å². The third-order valence-corrected chi connectivity index (χ3v) is 5.80. The second-order valence-electron chi connectivity index (χ2n) is 7.76. The van der Waals surface area contributed by atoms with E-state index in [9.17, 15) is 9.18 Å². The van der Waals surface area contributed by atoms with Crippen LogP contribution in [0.15, 0.2) is 48.5 Å². The zero-order valence-corrected chi connectivity index (χ0v) is 15.9. The van der Waals surface area contributed by atoms with E-state index >= 15 is 0 Å². The van der Waals surface area contributed by atoms with Gasteiger partial charge in [0.05, 0.1) is 11.6 Å². The predicted octanol–water partition coefficient (Wildman–Crippen LogP) is 3.54. The summed E-state index contributed by atoms with van der Waals surface area (Å²) in [6.07, 6.45) is 1.84. The molecule has 2 fully saturated rings. The molecule has 4 nitrogen and oxygen atoms in total. The lowest BCUT2D eigenvalue weighted by Crippen LogP contribution is -2.36. The summed E-state index contributed by atoms with van der Waals surface area (Å²) in [4.78, 5) is 17.3. The van der Waals surface area contributed by atoms with Gasteiger partial charge in [-0.3, -0.25) is 9.69 Å². The predicted molar refractivity (Wildman–Crippen MR) is 105 cm³/mol. The van der Waals surface area contributed by atoms with E-state index in [-0.39, 0.29) is 23.6 Å². The van der Waals surface area contributed by atoms with Crippen LogP contribution in [-0.2, 0) is 11.3 Å². The molecule has 0 radical (unpaired) electrons. The van der Waals surface area contributed by atoms with Gasteiger partial charge in [-0.1, -0.05) is 24.3 Å². The molecule has 5 heteroatoms. The summed E-state index contributed by atoms with van der Waals surface area (Å²) in [5.74, 6) is 0.304. The first-order valence-corrected chi connectivity index (χ1v) is 9.89. The number of rotatable bonds is 4. The van der Waals surface area contributed by atoms with Crippen molar-refractivity contribution in [2.45, 2.75) is 25.3 Å². The fraction of sp³-hybridized carbons (Fsp3) is 0.391. The minimum Gasteiger partial charge on any atom is -0.341 e. The smallest absolute Gasteiger partial charge is 0.226 e. The topological polar surface area (TPSA) is 47.3 Å². The summed E-state index contributed by atoms with van der Waals surface area (Å²) in [5.41, 5.74) is 2.94. The van der Waals surface area contributed by atoms with Crippen LogP contribution in [0.4, 0.5) is 4.39 Å². The molecule has 28 heavy (non-hydrogen) atoms. The fourth-order valence-corrected chi connectivity index (χ4v) is 4.07. The molecule has 0 spiro atoms. The maximum atomic E-state index is 13.1. The highest BCUT2D eigenvalue weighted by atomic mass is 19.1. The quantitative estimate of drug-likeness (QED) is 0.819. The van der Waals surface area contributed by atoms with Crippen LogP contribution in [-0.4, -0.2) is 41.9 Å². The molecule has 0 bridgehead atoms. The third-order valence-electron chi connectivity index (χ3n) is 5.80. The zero-order valence-electron chi connectivity index (χ0n) is 15.9. The summed E-state index contributed by atoms with van der Waals surface area (Å²) in [6, 6.07) is 16.4. The van der Waals surface area contributed by atoms with E-state index in [0.717, 1.165) is 51.1 Å². The van der Waals surface area contributed by atoms with Crippen LogP contribution in [0.2, 0.25) is 0 Å². The van der Waals surface area contributed by atoms with E-state index in [0.29, 0.717) is 5.56 Å². The molecule has 1 saturated heterocycles. The van der Waals surface area contributed by atoms with Crippen LogP contribution in [0.5, 0.6) is 0 Å². The normalized spacial score (nSPS) is 22.4. The molecule has 4 rings (SSSR count). The highest BCUT2D eigenvalue weighted by molar-refractivity contribution is 5.83. The Morgan fingerprint density at radius 1 is 1.04 bits per heavy atom.